The predicted octanol–water partition coefficient (Wildman–Crippen LogP) is 5.63. The van der Waals surface area contributed by atoms with Gasteiger partial charge in [-0.1, -0.05) is 65.9 Å². The van der Waals surface area contributed by atoms with Crippen LogP contribution in [0.2, 0.25) is 0 Å². The molecule has 0 radical (unpaired) electrons. The van der Waals surface area contributed by atoms with Crippen LogP contribution in [0.5, 0.6) is 5.75 Å². The third-order valence-corrected chi connectivity index (χ3v) is 6.71. The van der Waals surface area contributed by atoms with Gasteiger partial charge in [0, 0.05) is 5.56 Å². The van der Waals surface area contributed by atoms with Crippen LogP contribution >= 0.6 is 11.3 Å². The lowest BCUT2D eigenvalue weighted by Gasteiger charge is -2.24. The highest BCUT2D eigenvalue weighted by Gasteiger charge is 2.46. The van der Waals surface area contributed by atoms with Crippen LogP contribution in [0.3, 0.4) is 0 Å². The molecule has 2 heterocycles. The number of anilines is 1. The van der Waals surface area contributed by atoms with Gasteiger partial charge >= 0.3 is 0 Å². The molecule has 35 heavy (non-hydrogen) atoms. The number of nitrogens with zero attached hydrogens (tertiary/aromatic N) is 2. The highest BCUT2D eigenvalue weighted by molar-refractivity contribution is 7.22. The van der Waals surface area contributed by atoms with Crippen LogP contribution in [0.1, 0.15) is 17.2 Å². The molecule has 5 rings (SSSR count). The molecule has 0 saturated carbocycles. The standard InChI is InChI=1S/C27H19FN2O4S/c1-34-17-12-13-20-22(15-17)35-27(29-20)30-24(18-9-5-6-10-19(18)28)23(25(32)26(30)33)21(31)14-11-16-7-3-2-4-8-16/h2-15,24,32H,1H3/b14-11+. The number of halogens is 1. The first kappa shape index (κ1) is 22.5. The number of ether oxygens (including phenoxy) is 1. The number of allylic oxidation sites excluding steroid dienone is 1. The topological polar surface area (TPSA) is 79.7 Å². The van der Waals surface area contributed by atoms with E-state index in [0.717, 1.165) is 10.3 Å². The molecule has 174 valence electrons. The number of carbonyl (C=O) groups is 2. The van der Waals surface area contributed by atoms with Gasteiger partial charge in [-0.05, 0) is 35.9 Å². The summed E-state index contributed by atoms with van der Waals surface area (Å²) in [5.74, 6) is -2.13. The minimum atomic E-state index is -1.18. The van der Waals surface area contributed by atoms with Crippen molar-refractivity contribution in [2.75, 3.05) is 12.0 Å². The Labute approximate surface area is 204 Å². The molecule has 0 saturated heterocycles. The van der Waals surface area contributed by atoms with Gasteiger partial charge in [-0.3, -0.25) is 14.5 Å². The molecule has 1 atom stereocenters. The molecule has 1 N–H and O–H groups in total. The molecule has 8 heteroatoms. The van der Waals surface area contributed by atoms with E-state index < -0.39 is 29.3 Å². The number of rotatable bonds is 6. The van der Waals surface area contributed by atoms with Gasteiger partial charge in [-0.15, -0.1) is 0 Å². The Balaban J connectivity index is 1.62. The molecule has 0 bridgehead atoms. The van der Waals surface area contributed by atoms with Crippen molar-refractivity contribution in [3.05, 3.63) is 107 Å². The van der Waals surface area contributed by atoms with Crippen LogP contribution in [0.4, 0.5) is 9.52 Å². The van der Waals surface area contributed by atoms with Crippen molar-refractivity contribution in [2.45, 2.75) is 6.04 Å². The van der Waals surface area contributed by atoms with Gasteiger partial charge in [0.05, 0.1) is 22.9 Å². The van der Waals surface area contributed by atoms with Crippen molar-refractivity contribution < 1.29 is 23.8 Å². The zero-order valence-corrected chi connectivity index (χ0v) is 19.3. The molecule has 6 nitrogen and oxygen atoms in total. The summed E-state index contributed by atoms with van der Waals surface area (Å²) in [6.45, 7) is 0. The molecule has 1 unspecified atom stereocenters. The number of aliphatic hydroxyl groups is 1. The van der Waals surface area contributed by atoms with E-state index in [0.29, 0.717) is 11.3 Å². The first-order chi connectivity index (χ1) is 17.0. The zero-order valence-electron chi connectivity index (χ0n) is 18.5. The van der Waals surface area contributed by atoms with Crippen molar-refractivity contribution in [2.24, 2.45) is 0 Å². The van der Waals surface area contributed by atoms with Gasteiger partial charge in [-0.25, -0.2) is 9.37 Å². The Morgan fingerprint density at radius 3 is 2.60 bits per heavy atom. The summed E-state index contributed by atoms with van der Waals surface area (Å²) in [6, 6.07) is 19.1. The van der Waals surface area contributed by atoms with Gasteiger partial charge in [0.25, 0.3) is 5.91 Å². The maximum atomic E-state index is 15.0. The second-order valence-corrected chi connectivity index (χ2v) is 8.81. The van der Waals surface area contributed by atoms with Gasteiger partial charge in [-0.2, -0.15) is 0 Å². The lowest BCUT2D eigenvalue weighted by molar-refractivity contribution is -0.117. The van der Waals surface area contributed by atoms with E-state index in [9.17, 15) is 19.1 Å². The van der Waals surface area contributed by atoms with Crippen LogP contribution in [-0.4, -0.2) is 28.9 Å². The predicted molar refractivity (Wildman–Crippen MR) is 133 cm³/mol. The van der Waals surface area contributed by atoms with Crippen molar-refractivity contribution in [3.8, 4) is 5.75 Å². The largest absolute Gasteiger partial charge is 0.503 e. The lowest BCUT2D eigenvalue weighted by atomic mass is 9.95. The highest BCUT2D eigenvalue weighted by atomic mass is 32.1. The summed E-state index contributed by atoms with van der Waals surface area (Å²) in [5.41, 5.74) is 1.25. The monoisotopic (exact) mass is 486 g/mol. The van der Waals surface area contributed by atoms with E-state index >= 15 is 0 Å². The quantitative estimate of drug-likeness (QED) is 0.358. The summed E-state index contributed by atoms with van der Waals surface area (Å²) in [5, 5.41) is 11.0. The van der Waals surface area contributed by atoms with Crippen molar-refractivity contribution in [3.63, 3.8) is 0 Å². The Morgan fingerprint density at radius 1 is 1.11 bits per heavy atom. The van der Waals surface area contributed by atoms with E-state index in [1.807, 2.05) is 30.3 Å². The molecule has 4 aromatic rings. The van der Waals surface area contributed by atoms with E-state index in [4.69, 9.17) is 4.74 Å². The fraction of sp³-hybridized carbons (Fsp3) is 0.0741. The summed E-state index contributed by atoms with van der Waals surface area (Å²) < 4.78 is 21.0. The number of aliphatic hydroxyl groups excluding tert-OH is 1. The van der Waals surface area contributed by atoms with E-state index in [1.54, 1.807) is 37.5 Å². The lowest BCUT2D eigenvalue weighted by Crippen LogP contribution is -2.31. The molecule has 3 aromatic carbocycles. The number of methoxy groups -OCH3 is 1. The first-order valence-electron chi connectivity index (χ1n) is 10.7. The van der Waals surface area contributed by atoms with Crippen LogP contribution < -0.4 is 9.64 Å². The third-order valence-electron chi connectivity index (χ3n) is 5.69. The highest BCUT2D eigenvalue weighted by Crippen LogP contribution is 2.44. The smallest absolute Gasteiger partial charge is 0.296 e. The molecular weight excluding hydrogens is 467 g/mol. The number of aromatic nitrogens is 1. The van der Waals surface area contributed by atoms with Crippen LogP contribution in [0.25, 0.3) is 16.3 Å². The molecule has 1 aromatic heterocycles. The number of benzene rings is 3. The zero-order chi connectivity index (χ0) is 24.5. The van der Waals surface area contributed by atoms with Gasteiger partial charge in [0.15, 0.2) is 16.7 Å². The van der Waals surface area contributed by atoms with Crippen molar-refractivity contribution in [1.82, 2.24) is 4.98 Å². The maximum Gasteiger partial charge on any atom is 0.296 e. The Morgan fingerprint density at radius 2 is 1.86 bits per heavy atom. The summed E-state index contributed by atoms with van der Waals surface area (Å²) in [4.78, 5) is 32.2. The molecule has 0 aliphatic carbocycles. The Kier molecular flexibility index (Phi) is 5.88. The number of ketones is 1. The average Bonchev–Trinajstić information content (AvgIpc) is 3.41. The Bertz CT molecular complexity index is 1510. The number of fused-ring (bicyclic) bond motifs is 1. The molecule has 1 amide bonds. The number of amides is 1. The van der Waals surface area contributed by atoms with E-state index in [1.165, 1.54) is 40.5 Å². The van der Waals surface area contributed by atoms with Gasteiger partial charge in [0.2, 0.25) is 0 Å². The maximum absolute atomic E-state index is 15.0. The van der Waals surface area contributed by atoms with Gasteiger partial charge < -0.3 is 9.84 Å². The van der Waals surface area contributed by atoms with E-state index in [-0.39, 0.29) is 16.3 Å². The number of hydrogen-bond donors (Lipinski definition) is 1. The summed E-state index contributed by atoms with van der Waals surface area (Å²) in [7, 11) is 1.55. The number of carbonyl (C=O) groups excluding carboxylic acids is 2. The van der Waals surface area contributed by atoms with Crippen molar-refractivity contribution in [1.29, 1.82) is 0 Å². The van der Waals surface area contributed by atoms with Crippen LogP contribution in [0, 0.1) is 5.82 Å². The first-order valence-corrected chi connectivity index (χ1v) is 11.5. The van der Waals surface area contributed by atoms with Crippen LogP contribution in [0.15, 0.2) is 90.2 Å². The van der Waals surface area contributed by atoms with E-state index in [2.05, 4.69) is 4.98 Å². The Hall–Kier alpha value is -4.30. The third kappa shape index (κ3) is 4.08. The normalized spacial score (nSPS) is 16.0. The second-order valence-electron chi connectivity index (χ2n) is 7.80. The van der Waals surface area contributed by atoms with Gasteiger partial charge in [0.1, 0.15) is 17.6 Å². The molecule has 0 spiro atoms. The average molecular weight is 487 g/mol. The fourth-order valence-corrected chi connectivity index (χ4v) is 5.01. The van der Waals surface area contributed by atoms with Crippen LogP contribution in [-0.2, 0) is 9.59 Å². The fourth-order valence-electron chi connectivity index (χ4n) is 3.99. The minimum Gasteiger partial charge on any atom is -0.503 e. The molecule has 1 aliphatic rings. The number of thiazole rings is 1. The minimum absolute atomic E-state index is 0.0817. The molecular formula is C27H19FN2O4S. The second kappa shape index (κ2) is 9.15. The molecule has 1 aliphatic heterocycles. The number of hydrogen-bond acceptors (Lipinski definition) is 6. The SMILES string of the molecule is COc1ccc2nc(N3C(=O)C(O)=C(C(=O)/C=C/c4ccccc4)C3c3ccccc3F)sc2c1. The summed E-state index contributed by atoms with van der Waals surface area (Å²) >= 11 is 1.18. The molecule has 0 fully saturated rings. The summed E-state index contributed by atoms with van der Waals surface area (Å²) in [6.07, 6.45) is 2.85. The van der Waals surface area contributed by atoms with Crippen molar-refractivity contribution >= 4 is 44.5 Å².